The number of phenolic OH excluding ortho intramolecular Hbond substituents is 1. The SMILES string of the molecule is CC(C)(C)NC[C@@H](O)c1cc(O)cc(CO)c1. The molecule has 0 aromatic heterocycles. The molecule has 4 N–H and O–H groups in total. The number of hydrogen-bond acceptors (Lipinski definition) is 4. The molecule has 0 saturated heterocycles. The number of hydrogen-bond donors (Lipinski definition) is 4. The van der Waals surface area contributed by atoms with E-state index >= 15 is 0 Å². The smallest absolute Gasteiger partial charge is 0.116 e. The van der Waals surface area contributed by atoms with Crippen LogP contribution < -0.4 is 5.32 Å². The number of β-amino-alcohol motifs (C(OH)–C–C–N with tert-alkyl or cyclic N) is 1. The van der Waals surface area contributed by atoms with Crippen molar-refractivity contribution in [2.24, 2.45) is 0 Å². The van der Waals surface area contributed by atoms with Crippen molar-refractivity contribution in [1.29, 1.82) is 0 Å². The first-order valence-corrected chi connectivity index (χ1v) is 5.68. The zero-order valence-electron chi connectivity index (χ0n) is 10.6. The van der Waals surface area contributed by atoms with E-state index in [9.17, 15) is 10.2 Å². The van der Waals surface area contributed by atoms with Crippen LogP contribution in [0.15, 0.2) is 18.2 Å². The summed E-state index contributed by atoms with van der Waals surface area (Å²) in [5, 5.41) is 31.6. The third kappa shape index (κ3) is 4.73. The highest BCUT2D eigenvalue weighted by molar-refractivity contribution is 5.34. The van der Waals surface area contributed by atoms with Crippen LogP contribution >= 0.6 is 0 Å². The van der Waals surface area contributed by atoms with Crippen LogP contribution in [0, 0.1) is 0 Å². The number of aliphatic hydroxyl groups excluding tert-OH is 2. The van der Waals surface area contributed by atoms with E-state index in [1.807, 2.05) is 20.8 Å². The largest absolute Gasteiger partial charge is 0.508 e. The van der Waals surface area contributed by atoms with Crippen LogP contribution in [0.3, 0.4) is 0 Å². The van der Waals surface area contributed by atoms with Crippen molar-refractivity contribution in [2.75, 3.05) is 6.54 Å². The summed E-state index contributed by atoms with van der Waals surface area (Å²) in [7, 11) is 0. The lowest BCUT2D eigenvalue weighted by molar-refractivity contribution is 0.162. The van der Waals surface area contributed by atoms with Crippen molar-refractivity contribution < 1.29 is 15.3 Å². The molecular formula is C13H21NO3. The van der Waals surface area contributed by atoms with Gasteiger partial charge >= 0.3 is 0 Å². The number of benzene rings is 1. The molecule has 0 amide bonds. The maximum absolute atomic E-state index is 9.97. The Labute approximate surface area is 102 Å². The zero-order valence-corrected chi connectivity index (χ0v) is 10.6. The van der Waals surface area contributed by atoms with Crippen LogP contribution in [-0.4, -0.2) is 27.4 Å². The molecular weight excluding hydrogens is 218 g/mol. The lowest BCUT2D eigenvalue weighted by atomic mass is 10.0. The fraction of sp³-hybridized carbons (Fsp3) is 0.538. The maximum Gasteiger partial charge on any atom is 0.116 e. The Balaban J connectivity index is 2.74. The van der Waals surface area contributed by atoms with Gasteiger partial charge in [0.15, 0.2) is 0 Å². The van der Waals surface area contributed by atoms with Crippen molar-refractivity contribution >= 4 is 0 Å². The summed E-state index contributed by atoms with van der Waals surface area (Å²) in [6, 6.07) is 4.68. The highest BCUT2D eigenvalue weighted by Gasteiger charge is 2.14. The monoisotopic (exact) mass is 239 g/mol. The molecule has 0 fully saturated rings. The Hall–Kier alpha value is -1.10. The molecule has 4 nitrogen and oxygen atoms in total. The molecule has 0 aliphatic carbocycles. The molecule has 0 saturated carbocycles. The topological polar surface area (TPSA) is 72.7 Å². The molecule has 4 heteroatoms. The van der Waals surface area contributed by atoms with Crippen LogP contribution in [-0.2, 0) is 6.61 Å². The van der Waals surface area contributed by atoms with Gasteiger partial charge in [0.1, 0.15) is 5.75 Å². The van der Waals surface area contributed by atoms with Crippen LogP contribution in [0.4, 0.5) is 0 Å². The summed E-state index contributed by atoms with van der Waals surface area (Å²) in [5.41, 5.74) is 1.12. The lowest BCUT2D eigenvalue weighted by Crippen LogP contribution is -2.38. The zero-order chi connectivity index (χ0) is 13.1. The van der Waals surface area contributed by atoms with Gasteiger partial charge in [0.25, 0.3) is 0 Å². The van der Waals surface area contributed by atoms with Gasteiger partial charge in [0.05, 0.1) is 12.7 Å². The Morgan fingerprint density at radius 1 is 1.24 bits per heavy atom. The number of aliphatic hydroxyl groups is 2. The third-order valence-electron chi connectivity index (χ3n) is 2.39. The van der Waals surface area contributed by atoms with Crippen LogP contribution in [0.2, 0.25) is 0 Å². The quantitative estimate of drug-likeness (QED) is 0.639. The van der Waals surface area contributed by atoms with E-state index in [-0.39, 0.29) is 17.9 Å². The predicted molar refractivity (Wildman–Crippen MR) is 66.7 cm³/mol. The predicted octanol–water partition coefficient (Wildman–Crippen LogP) is 1.31. The molecule has 0 bridgehead atoms. The minimum absolute atomic E-state index is 0.0568. The minimum Gasteiger partial charge on any atom is -0.508 e. The Kier molecular flexibility index (Phi) is 4.51. The van der Waals surface area contributed by atoms with Gasteiger partial charge in [0, 0.05) is 12.1 Å². The first-order chi connectivity index (χ1) is 7.81. The van der Waals surface area contributed by atoms with Crippen LogP contribution in [0.1, 0.15) is 38.0 Å². The fourth-order valence-corrected chi connectivity index (χ4v) is 1.50. The highest BCUT2D eigenvalue weighted by Crippen LogP contribution is 2.21. The number of phenols is 1. The van der Waals surface area contributed by atoms with Gasteiger partial charge in [0.2, 0.25) is 0 Å². The Morgan fingerprint density at radius 3 is 2.41 bits per heavy atom. The van der Waals surface area contributed by atoms with Gasteiger partial charge in [-0.2, -0.15) is 0 Å². The molecule has 0 spiro atoms. The Bertz CT molecular complexity index is 371. The third-order valence-corrected chi connectivity index (χ3v) is 2.39. The van der Waals surface area contributed by atoms with E-state index in [1.165, 1.54) is 12.1 Å². The molecule has 0 unspecified atom stereocenters. The van der Waals surface area contributed by atoms with Crippen molar-refractivity contribution in [1.82, 2.24) is 5.32 Å². The number of aromatic hydroxyl groups is 1. The van der Waals surface area contributed by atoms with E-state index in [2.05, 4.69) is 5.32 Å². The van der Waals surface area contributed by atoms with E-state index in [0.29, 0.717) is 17.7 Å². The van der Waals surface area contributed by atoms with Gasteiger partial charge in [-0.1, -0.05) is 6.07 Å². The summed E-state index contributed by atoms with van der Waals surface area (Å²) in [4.78, 5) is 0. The highest BCUT2D eigenvalue weighted by atomic mass is 16.3. The molecule has 96 valence electrons. The average Bonchev–Trinajstić information content (AvgIpc) is 2.23. The first-order valence-electron chi connectivity index (χ1n) is 5.68. The van der Waals surface area contributed by atoms with E-state index < -0.39 is 6.10 Å². The average molecular weight is 239 g/mol. The maximum atomic E-state index is 9.97. The summed E-state index contributed by atoms with van der Waals surface area (Å²) in [6.45, 7) is 6.29. The molecule has 0 radical (unpaired) electrons. The Morgan fingerprint density at radius 2 is 1.88 bits per heavy atom. The van der Waals surface area contributed by atoms with E-state index in [4.69, 9.17) is 5.11 Å². The van der Waals surface area contributed by atoms with Gasteiger partial charge in [-0.25, -0.2) is 0 Å². The summed E-state index contributed by atoms with van der Waals surface area (Å²) in [6.07, 6.45) is -0.702. The second-order valence-corrected chi connectivity index (χ2v) is 5.24. The lowest BCUT2D eigenvalue weighted by Gasteiger charge is -2.23. The second-order valence-electron chi connectivity index (χ2n) is 5.24. The summed E-state index contributed by atoms with van der Waals surface area (Å²) < 4.78 is 0. The molecule has 1 rings (SSSR count). The van der Waals surface area contributed by atoms with Gasteiger partial charge in [-0.05, 0) is 44.0 Å². The van der Waals surface area contributed by atoms with E-state index in [0.717, 1.165) is 0 Å². The summed E-state index contributed by atoms with van der Waals surface area (Å²) in [5.74, 6) is 0.0568. The normalized spacial score (nSPS) is 13.7. The number of rotatable bonds is 4. The fourth-order valence-electron chi connectivity index (χ4n) is 1.50. The van der Waals surface area contributed by atoms with E-state index in [1.54, 1.807) is 6.07 Å². The summed E-state index contributed by atoms with van der Waals surface area (Å²) >= 11 is 0. The van der Waals surface area contributed by atoms with Crippen LogP contribution in [0.25, 0.3) is 0 Å². The van der Waals surface area contributed by atoms with Gasteiger partial charge in [-0.15, -0.1) is 0 Å². The standard InChI is InChI=1S/C13H21NO3/c1-13(2,3)14-7-12(17)10-4-9(8-15)5-11(16)6-10/h4-6,12,14-17H,7-8H2,1-3H3/t12-/m1/s1. The molecule has 0 heterocycles. The second kappa shape index (κ2) is 5.49. The first kappa shape index (κ1) is 14.0. The molecule has 0 aliphatic heterocycles. The van der Waals surface area contributed by atoms with Crippen molar-refractivity contribution in [3.8, 4) is 5.75 Å². The van der Waals surface area contributed by atoms with Crippen molar-refractivity contribution in [3.05, 3.63) is 29.3 Å². The molecule has 0 aliphatic rings. The minimum atomic E-state index is -0.702. The molecule has 1 atom stereocenters. The molecule has 1 aromatic rings. The molecule has 17 heavy (non-hydrogen) atoms. The van der Waals surface area contributed by atoms with Crippen LogP contribution in [0.5, 0.6) is 5.75 Å². The van der Waals surface area contributed by atoms with Gasteiger partial charge in [-0.3, -0.25) is 0 Å². The van der Waals surface area contributed by atoms with Crippen molar-refractivity contribution in [3.63, 3.8) is 0 Å². The molecule has 1 aromatic carbocycles. The number of nitrogens with one attached hydrogen (secondary N) is 1. The van der Waals surface area contributed by atoms with Crippen molar-refractivity contribution in [2.45, 2.75) is 39.0 Å². The van der Waals surface area contributed by atoms with Gasteiger partial charge < -0.3 is 20.6 Å².